The summed E-state index contributed by atoms with van der Waals surface area (Å²) in [5.41, 5.74) is 2.89. The minimum absolute atomic E-state index is 0.737. The molecule has 0 saturated heterocycles. The summed E-state index contributed by atoms with van der Waals surface area (Å²) in [7, 11) is 0. The van der Waals surface area contributed by atoms with Gasteiger partial charge in [0.05, 0.1) is 6.61 Å². The van der Waals surface area contributed by atoms with Gasteiger partial charge in [-0.2, -0.15) is 0 Å². The Morgan fingerprint density at radius 1 is 1.17 bits per heavy atom. The molecule has 1 unspecified atom stereocenters. The largest absolute Gasteiger partial charge is 0.494 e. The van der Waals surface area contributed by atoms with Crippen LogP contribution in [0.3, 0.4) is 0 Å². The first-order valence-corrected chi connectivity index (χ1v) is 7.25. The highest BCUT2D eigenvalue weighted by molar-refractivity contribution is 5.66. The highest BCUT2D eigenvalue weighted by Gasteiger charge is 2.14. The van der Waals surface area contributed by atoms with E-state index in [1.165, 1.54) is 43.2 Å². The lowest BCUT2D eigenvalue weighted by molar-refractivity contribution is 0.340. The van der Waals surface area contributed by atoms with Crippen molar-refractivity contribution in [2.24, 2.45) is 5.92 Å². The molecule has 1 aromatic carbocycles. The van der Waals surface area contributed by atoms with Gasteiger partial charge in [0.15, 0.2) is 0 Å². The molecule has 2 rings (SSSR count). The van der Waals surface area contributed by atoms with E-state index >= 15 is 0 Å². The van der Waals surface area contributed by atoms with Crippen LogP contribution < -0.4 is 4.74 Å². The first kappa shape index (κ1) is 13.2. The van der Waals surface area contributed by atoms with E-state index in [1.54, 1.807) is 0 Å². The average Bonchev–Trinajstić information content (AvgIpc) is 2.41. The fourth-order valence-electron chi connectivity index (χ4n) is 2.75. The maximum Gasteiger partial charge on any atom is 0.119 e. The summed E-state index contributed by atoms with van der Waals surface area (Å²) in [6, 6.07) is 8.55. The van der Waals surface area contributed by atoms with E-state index in [-0.39, 0.29) is 0 Å². The van der Waals surface area contributed by atoms with Crippen LogP contribution in [-0.2, 0) is 0 Å². The number of hydrogen-bond acceptors (Lipinski definition) is 1. The molecule has 0 amide bonds. The lowest BCUT2D eigenvalue weighted by Gasteiger charge is -2.21. The number of allylic oxidation sites excluding steroid dienone is 2. The molecule has 0 fully saturated rings. The Morgan fingerprint density at radius 2 is 1.94 bits per heavy atom. The van der Waals surface area contributed by atoms with Crippen molar-refractivity contribution in [1.29, 1.82) is 0 Å². The Hall–Kier alpha value is -1.24. The predicted molar refractivity (Wildman–Crippen MR) is 77.8 cm³/mol. The van der Waals surface area contributed by atoms with E-state index < -0.39 is 0 Å². The van der Waals surface area contributed by atoms with Crippen LogP contribution in [0.25, 0.3) is 5.57 Å². The van der Waals surface area contributed by atoms with Crippen LogP contribution in [0.4, 0.5) is 0 Å². The average molecular weight is 244 g/mol. The van der Waals surface area contributed by atoms with Crippen LogP contribution in [0.1, 0.15) is 51.5 Å². The maximum atomic E-state index is 5.48. The van der Waals surface area contributed by atoms with Crippen LogP contribution >= 0.6 is 0 Å². The third-order valence-corrected chi connectivity index (χ3v) is 3.75. The van der Waals surface area contributed by atoms with Crippen molar-refractivity contribution in [3.8, 4) is 5.75 Å². The van der Waals surface area contributed by atoms with Gasteiger partial charge in [0.1, 0.15) is 5.75 Å². The molecule has 1 heteroatoms. The van der Waals surface area contributed by atoms with E-state index in [0.717, 1.165) is 18.3 Å². The quantitative estimate of drug-likeness (QED) is 0.702. The third kappa shape index (κ3) is 3.38. The summed E-state index contributed by atoms with van der Waals surface area (Å²) < 4.78 is 5.48. The lowest BCUT2D eigenvalue weighted by Crippen LogP contribution is -2.05. The number of hydrogen-bond donors (Lipinski definition) is 0. The van der Waals surface area contributed by atoms with E-state index in [0.29, 0.717) is 0 Å². The van der Waals surface area contributed by atoms with Gasteiger partial charge in [-0.3, -0.25) is 0 Å². The van der Waals surface area contributed by atoms with Gasteiger partial charge in [-0.05, 0) is 55.4 Å². The lowest BCUT2D eigenvalue weighted by atomic mass is 9.84. The normalized spacial score (nSPS) is 19.4. The molecular formula is C17H24O. The fourth-order valence-corrected chi connectivity index (χ4v) is 2.75. The smallest absolute Gasteiger partial charge is 0.119 e. The molecule has 1 nitrogen and oxygen atoms in total. The van der Waals surface area contributed by atoms with Crippen molar-refractivity contribution in [3.63, 3.8) is 0 Å². The molecule has 0 aromatic heterocycles. The summed E-state index contributed by atoms with van der Waals surface area (Å²) in [6.45, 7) is 5.04. The molecule has 0 bridgehead atoms. The topological polar surface area (TPSA) is 9.23 Å². The molecule has 1 aromatic rings. The monoisotopic (exact) mass is 244 g/mol. The zero-order valence-electron chi connectivity index (χ0n) is 11.6. The molecule has 0 N–H and O–H groups in total. The molecule has 1 aliphatic rings. The second-order valence-electron chi connectivity index (χ2n) is 5.12. The highest BCUT2D eigenvalue weighted by Crippen LogP contribution is 2.32. The Balaban J connectivity index is 1.99. The fraction of sp³-hybridized carbons (Fsp3) is 0.529. The standard InChI is InChI=1S/C17H24O/c1-3-5-14-6-8-15(9-7-14)16-10-12-17(13-11-16)18-4-2/h8,10-14H,3-7,9H2,1-2H3. The zero-order valence-corrected chi connectivity index (χ0v) is 11.6. The highest BCUT2D eigenvalue weighted by atomic mass is 16.5. The summed E-state index contributed by atoms with van der Waals surface area (Å²) >= 11 is 0. The molecule has 18 heavy (non-hydrogen) atoms. The Kier molecular flexibility index (Phi) is 4.86. The minimum atomic E-state index is 0.737. The molecule has 98 valence electrons. The minimum Gasteiger partial charge on any atom is -0.494 e. The predicted octanol–water partition coefficient (Wildman–Crippen LogP) is 5.07. The van der Waals surface area contributed by atoms with Gasteiger partial charge < -0.3 is 4.74 Å². The van der Waals surface area contributed by atoms with Crippen molar-refractivity contribution in [3.05, 3.63) is 35.9 Å². The molecular weight excluding hydrogens is 220 g/mol. The molecule has 0 radical (unpaired) electrons. The third-order valence-electron chi connectivity index (χ3n) is 3.75. The van der Waals surface area contributed by atoms with Gasteiger partial charge in [0.2, 0.25) is 0 Å². The van der Waals surface area contributed by atoms with Crippen LogP contribution in [-0.4, -0.2) is 6.61 Å². The molecule has 0 aliphatic heterocycles. The Morgan fingerprint density at radius 3 is 2.50 bits per heavy atom. The summed E-state index contributed by atoms with van der Waals surface area (Å²) in [6.07, 6.45) is 8.99. The van der Waals surface area contributed by atoms with Crippen molar-refractivity contribution in [2.75, 3.05) is 6.61 Å². The molecule has 0 spiro atoms. The number of benzene rings is 1. The number of ether oxygens (including phenoxy) is 1. The van der Waals surface area contributed by atoms with E-state index in [2.05, 4.69) is 37.3 Å². The summed E-state index contributed by atoms with van der Waals surface area (Å²) in [5.74, 6) is 1.89. The van der Waals surface area contributed by atoms with Crippen molar-refractivity contribution >= 4 is 5.57 Å². The van der Waals surface area contributed by atoms with Crippen molar-refractivity contribution < 1.29 is 4.74 Å². The number of rotatable bonds is 5. The SMILES string of the molecule is CCCC1CC=C(c2ccc(OCC)cc2)CC1. The maximum absolute atomic E-state index is 5.48. The second kappa shape index (κ2) is 6.63. The molecule has 1 atom stereocenters. The first-order valence-electron chi connectivity index (χ1n) is 7.25. The Labute approximate surface area is 111 Å². The van der Waals surface area contributed by atoms with Crippen LogP contribution in [0.5, 0.6) is 5.75 Å². The van der Waals surface area contributed by atoms with Crippen molar-refractivity contribution in [2.45, 2.75) is 46.0 Å². The molecule has 0 heterocycles. The van der Waals surface area contributed by atoms with Crippen LogP contribution in [0.2, 0.25) is 0 Å². The molecule has 0 saturated carbocycles. The van der Waals surface area contributed by atoms with Gasteiger partial charge in [-0.15, -0.1) is 0 Å². The second-order valence-corrected chi connectivity index (χ2v) is 5.12. The zero-order chi connectivity index (χ0) is 12.8. The summed E-state index contributed by atoms with van der Waals surface area (Å²) in [5, 5.41) is 0. The summed E-state index contributed by atoms with van der Waals surface area (Å²) in [4.78, 5) is 0. The van der Waals surface area contributed by atoms with Gasteiger partial charge in [0, 0.05) is 0 Å². The van der Waals surface area contributed by atoms with Crippen LogP contribution in [0.15, 0.2) is 30.3 Å². The van der Waals surface area contributed by atoms with Gasteiger partial charge in [0.25, 0.3) is 0 Å². The van der Waals surface area contributed by atoms with Gasteiger partial charge in [-0.25, -0.2) is 0 Å². The van der Waals surface area contributed by atoms with E-state index in [1.807, 2.05) is 6.92 Å². The van der Waals surface area contributed by atoms with E-state index in [4.69, 9.17) is 4.74 Å². The van der Waals surface area contributed by atoms with Crippen molar-refractivity contribution in [1.82, 2.24) is 0 Å². The molecule has 1 aliphatic carbocycles. The van der Waals surface area contributed by atoms with Crippen LogP contribution in [0, 0.1) is 5.92 Å². The Bertz CT molecular complexity index is 389. The first-order chi connectivity index (χ1) is 8.83. The van der Waals surface area contributed by atoms with Gasteiger partial charge >= 0.3 is 0 Å². The van der Waals surface area contributed by atoms with Gasteiger partial charge in [-0.1, -0.05) is 38.0 Å². The van der Waals surface area contributed by atoms with E-state index in [9.17, 15) is 0 Å².